The predicted octanol–water partition coefficient (Wildman–Crippen LogP) is 4.19. The van der Waals surface area contributed by atoms with Gasteiger partial charge in [-0.25, -0.2) is 4.58 Å². The molecule has 0 amide bonds. The fraction of sp³-hybridized carbons (Fsp3) is 0.174. The molecule has 138 valence electrons. The number of allylic oxidation sites excluding steroid dienone is 5. The maximum atomic E-state index is 9.10. The van der Waals surface area contributed by atoms with Gasteiger partial charge in [0.2, 0.25) is 0 Å². The lowest BCUT2D eigenvalue weighted by Gasteiger charge is -2.16. The van der Waals surface area contributed by atoms with Gasteiger partial charge in [0.1, 0.15) is 14.1 Å². The van der Waals surface area contributed by atoms with Crippen molar-refractivity contribution in [2.24, 2.45) is 0 Å². The predicted molar refractivity (Wildman–Crippen MR) is 114 cm³/mol. The Balaban J connectivity index is 2.12. The van der Waals surface area contributed by atoms with Crippen molar-refractivity contribution >= 4 is 22.7 Å². The molecule has 0 fully saturated rings. The first-order valence-corrected chi connectivity index (χ1v) is 8.92. The van der Waals surface area contributed by atoms with E-state index in [0.29, 0.717) is 5.69 Å². The van der Waals surface area contributed by atoms with Gasteiger partial charge < -0.3 is 4.90 Å². The van der Waals surface area contributed by atoms with E-state index in [9.17, 15) is 0 Å². The van der Waals surface area contributed by atoms with Crippen molar-refractivity contribution in [1.29, 1.82) is 0 Å². The van der Waals surface area contributed by atoms with Gasteiger partial charge in [0.25, 0.3) is 0 Å². The summed E-state index contributed by atoms with van der Waals surface area (Å²) in [6, 6.07) is 16.4. The Kier molecular flexibility index (Phi) is 5.57. The van der Waals surface area contributed by atoms with Crippen molar-refractivity contribution in [1.82, 2.24) is 0 Å². The molecule has 0 radical (unpaired) electrons. The Bertz CT molecular complexity index is 909. The van der Waals surface area contributed by atoms with Crippen molar-refractivity contribution in [3.63, 3.8) is 0 Å². The molecule has 0 aromatic heterocycles. The van der Waals surface area contributed by atoms with Crippen LogP contribution in [0.5, 0.6) is 0 Å². The van der Waals surface area contributed by atoms with Crippen LogP contribution in [0.2, 0.25) is 0 Å². The summed E-state index contributed by atoms with van der Waals surface area (Å²) < 4.78 is 2.09. The van der Waals surface area contributed by atoms with Crippen molar-refractivity contribution in [3.8, 4) is 0 Å². The van der Waals surface area contributed by atoms with Gasteiger partial charge in [-0.2, -0.15) is 0 Å². The number of nitrogens with one attached hydrogen (secondary N) is 1. The van der Waals surface area contributed by atoms with E-state index < -0.39 is 0 Å². The molecule has 0 saturated heterocycles. The van der Waals surface area contributed by atoms with E-state index in [-0.39, 0.29) is 0 Å². The molecule has 0 atom stereocenters. The second-order valence-corrected chi connectivity index (χ2v) is 6.95. The Morgan fingerprint density at radius 3 is 1.78 bits per heavy atom. The Morgan fingerprint density at radius 2 is 1.33 bits per heavy atom. The van der Waals surface area contributed by atoms with Gasteiger partial charge in [0.15, 0.2) is 5.71 Å². The summed E-state index contributed by atoms with van der Waals surface area (Å²) in [5.41, 5.74) is 9.77. The lowest BCUT2D eigenvalue weighted by Crippen LogP contribution is -2.10. The van der Waals surface area contributed by atoms with E-state index >= 15 is 0 Å². The van der Waals surface area contributed by atoms with Gasteiger partial charge in [-0.1, -0.05) is 24.3 Å². The summed E-state index contributed by atoms with van der Waals surface area (Å²) in [6.07, 6.45) is 8.58. The largest absolute Gasteiger partial charge is 0.378 e. The van der Waals surface area contributed by atoms with Crippen LogP contribution in [-0.2, 0) is 0 Å². The van der Waals surface area contributed by atoms with Crippen molar-refractivity contribution in [2.45, 2.75) is 0 Å². The average molecular weight is 360 g/mol. The summed E-state index contributed by atoms with van der Waals surface area (Å²) in [4.78, 5) is 2.09. The second-order valence-electron chi connectivity index (χ2n) is 6.95. The van der Waals surface area contributed by atoms with Gasteiger partial charge >= 0.3 is 0 Å². The molecule has 4 nitrogen and oxygen atoms in total. The monoisotopic (exact) mass is 360 g/mol. The molecule has 2 aromatic carbocycles. The number of nitrogens with zero attached hydrogens (tertiary/aromatic N) is 2. The van der Waals surface area contributed by atoms with E-state index in [0.717, 1.165) is 22.3 Å². The van der Waals surface area contributed by atoms with Crippen molar-refractivity contribution in [2.75, 3.05) is 38.6 Å². The molecule has 0 saturated carbocycles. The molecule has 2 N–H and O–H groups in total. The van der Waals surface area contributed by atoms with E-state index in [1.165, 1.54) is 11.4 Å². The van der Waals surface area contributed by atoms with E-state index in [1.54, 1.807) is 0 Å². The molecule has 1 aliphatic rings. The van der Waals surface area contributed by atoms with Crippen LogP contribution in [-0.4, -0.2) is 43.7 Å². The van der Waals surface area contributed by atoms with Crippen LogP contribution in [0.3, 0.4) is 0 Å². The molecule has 0 bridgehead atoms. The average Bonchev–Trinajstić information content (AvgIpc) is 2.69. The third kappa shape index (κ3) is 4.18. The zero-order chi connectivity index (χ0) is 19.4. The van der Waals surface area contributed by atoms with Gasteiger partial charge in [0.05, 0.1) is 5.69 Å². The van der Waals surface area contributed by atoms with Crippen LogP contribution >= 0.6 is 0 Å². The third-order valence-corrected chi connectivity index (χ3v) is 4.65. The number of rotatable bonds is 4. The molecular formula is C23H26N3O+. The Labute approximate surface area is 161 Å². The summed E-state index contributed by atoms with van der Waals surface area (Å²) >= 11 is 0. The van der Waals surface area contributed by atoms with Crippen molar-refractivity contribution in [3.05, 3.63) is 89.5 Å². The maximum absolute atomic E-state index is 9.10. The highest BCUT2D eigenvalue weighted by molar-refractivity contribution is 6.04. The summed E-state index contributed by atoms with van der Waals surface area (Å²) in [6.45, 7) is 0. The first-order chi connectivity index (χ1) is 13.0. The Morgan fingerprint density at radius 1 is 0.815 bits per heavy atom. The fourth-order valence-electron chi connectivity index (χ4n) is 3.06. The Hall–Kier alpha value is -3.11. The minimum absolute atomic E-state index is 0.670. The van der Waals surface area contributed by atoms with Gasteiger partial charge in [-0.15, -0.1) is 0 Å². The molecule has 2 aromatic rings. The number of hydrogen-bond donors (Lipinski definition) is 2. The summed E-state index contributed by atoms with van der Waals surface area (Å²) in [5, 5.41) is 9.10. The van der Waals surface area contributed by atoms with Crippen LogP contribution in [0.1, 0.15) is 11.1 Å². The topological polar surface area (TPSA) is 38.5 Å². The minimum atomic E-state index is 0.670. The molecule has 1 aliphatic carbocycles. The number of benzene rings is 2. The quantitative estimate of drug-likeness (QED) is 0.634. The fourth-order valence-corrected chi connectivity index (χ4v) is 3.06. The highest BCUT2D eigenvalue weighted by Crippen LogP contribution is 2.31. The molecule has 4 heteroatoms. The molecule has 0 heterocycles. The third-order valence-electron chi connectivity index (χ3n) is 4.65. The standard InChI is InChI=1S/C23H25N3O/c1-25(2)21-13-7-18(8-14-21)23(17-5-11-20(24-27)12-6-17)19-9-15-22(16-10-19)26(3)4/h5-16,27H,1-4H3/p+1. The van der Waals surface area contributed by atoms with Crippen LogP contribution in [0.4, 0.5) is 11.4 Å². The highest BCUT2D eigenvalue weighted by atomic mass is 16.5. The maximum Gasteiger partial charge on any atom is 0.199 e. The summed E-state index contributed by atoms with van der Waals surface area (Å²) in [7, 11) is 8.17. The van der Waals surface area contributed by atoms with Gasteiger partial charge in [0, 0.05) is 31.9 Å². The summed E-state index contributed by atoms with van der Waals surface area (Å²) in [5.74, 6) is 0. The van der Waals surface area contributed by atoms with Crippen LogP contribution < -0.4 is 10.4 Å². The number of hydrogen-bond acceptors (Lipinski definition) is 3. The molecule has 0 aliphatic heterocycles. The molecule has 0 spiro atoms. The lowest BCUT2D eigenvalue weighted by molar-refractivity contribution is -0.462. The van der Waals surface area contributed by atoms with Crippen LogP contribution in [0.25, 0.3) is 5.57 Å². The zero-order valence-electron chi connectivity index (χ0n) is 16.3. The smallest absolute Gasteiger partial charge is 0.199 e. The van der Waals surface area contributed by atoms with Gasteiger partial charge in [-0.05, 0) is 58.7 Å². The van der Waals surface area contributed by atoms with Crippen LogP contribution in [0, 0.1) is 0 Å². The second kappa shape index (κ2) is 8.06. The molecule has 27 heavy (non-hydrogen) atoms. The normalized spacial score (nSPS) is 12.9. The first-order valence-electron chi connectivity index (χ1n) is 8.92. The van der Waals surface area contributed by atoms with Crippen molar-refractivity contribution < 1.29 is 9.78 Å². The van der Waals surface area contributed by atoms with E-state index in [2.05, 4.69) is 63.5 Å². The highest BCUT2D eigenvalue weighted by Gasteiger charge is 2.13. The SMILES string of the molecule is CN(C)c1ccc(C(=C2C=CC(=[N+](C)C)C=C2)c2ccc(NO)cc2)cc1. The molecular weight excluding hydrogens is 334 g/mol. The lowest BCUT2D eigenvalue weighted by atomic mass is 9.90. The molecule has 3 rings (SSSR count). The van der Waals surface area contributed by atoms with E-state index in [1.807, 2.05) is 52.5 Å². The minimum Gasteiger partial charge on any atom is -0.378 e. The van der Waals surface area contributed by atoms with Gasteiger partial charge in [-0.3, -0.25) is 10.7 Å². The van der Waals surface area contributed by atoms with Crippen LogP contribution in [0.15, 0.2) is 78.4 Å². The zero-order valence-corrected chi connectivity index (χ0v) is 16.3. The first kappa shape index (κ1) is 18.7. The number of anilines is 2. The molecule has 0 unspecified atom stereocenters. The van der Waals surface area contributed by atoms with E-state index in [4.69, 9.17) is 5.21 Å².